The molecule has 4 aromatic rings. The Bertz CT molecular complexity index is 1390. The molecule has 38 heavy (non-hydrogen) atoms. The van der Waals surface area contributed by atoms with E-state index in [1.165, 1.54) is 6.92 Å². The number of aliphatic carboxylic acids is 1. The smallest absolute Gasteiger partial charge is 0.341 e. The van der Waals surface area contributed by atoms with Crippen molar-refractivity contribution in [2.24, 2.45) is 0 Å². The summed E-state index contributed by atoms with van der Waals surface area (Å²) in [6.07, 6.45) is 1.97. The van der Waals surface area contributed by atoms with E-state index in [0.717, 1.165) is 22.3 Å². The summed E-state index contributed by atoms with van der Waals surface area (Å²) in [5.41, 5.74) is 4.25. The number of carboxylic acid groups (broad SMARTS) is 1. The number of carbonyl (C=O) groups excluding carboxylic acids is 1. The van der Waals surface area contributed by atoms with E-state index in [9.17, 15) is 14.4 Å². The highest BCUT2D eigenvalue weighted by molar-refractivity contribution is 5.81. The Morgan fingerprint density at radius 3 is 2.16 bits per heavy atom. The zero-order chi connectivity index (χ0) is 26.9. The molecule has 3 aromatic carbocycles. The van der Waals surface area contributed by atoms with Gasteiger partial charge in [0, 0.05) is 30.6 Å². The SMILES string of the molecule is CC(=O)C(Cc1cc(C(c2ccccc2)c2ccccc2)c[nH]c1=O)NCc1cccc(OCC(=O)O)c1. The second-order valence-electron chi connectivity index (χ2n) is 9.12. The molecule has 0 fully saturated rings. The first-order chi connectivity index (χ1) is 18.4. The van der Waals surface area contributed by atoms with E-state index in [1.807, 2.05) is 48.5 Å². The average molecular weight is 511 g/mol. The van der Waals surface area contributed by atoms with Gasteiger partial charge in [0.25, 0.3) is 5.56 Å². The molecule has 1 aromatic heterocycles. The molecule has 3 N–H and O–H groups in total. The zero-order valence-electron chi connectivity index (χ0n) is 21.1. The summed E-state index contributed by atoms with van der Waals surface area (Å²) in [7, 11) is 0. The molecular weight excluding hydrogens is 480 g/mol. The number of hydrogen-bond donors (Lipinski definition) is 3. The van der Waals surface area contributed by atoms with Crippen LogP contribution in [0.25, 0.3) is 0 Å². The van der Waals surface area contributed by atoms with Crippen molar-refractivity contribution in [2.75, 3.05) is 6.61 Å². The predicted molar refractivity (Wildman–Crippen MR) is 145 cm³/mol. The van der Waals surface area contributed by atoms with Crippen molar-refractivity contribution >= 4 is 11.8 Å². The third-order valence-electron chi connectivity index (χ3n) is 6.33. The first-order valence-corrected chi connectivity index (χ1v) is 12.4. The van der Waals surface area contributed by atoms with Crippen LogP contribution in [0, 0.1) is 0 Å². The first kappa shape index (κ1) is 26.6. The maximum absolute atomic E-state index is 12.8. The minimum atomic E-state index is -1.06. The Morgan fingerprint density at radius 1 is 0.895 bits per heavy atom. The summed E-state index contributed by atoms with van der Waals surface area (Å²) >= 11 is 0. The third-order valence-corrected chi connectivity index (χ3v) is 6.33. The van der Waals surface area contributed by atoms with Gasteiger partial charge in [-0.3, -0.25) is 9.59 Å². The molecule has 0 saturated carbocycles. The molecule has 0 amide bonds. The average Bonchev–Trinajstić information content (AvgIpc) is 2.93. The van der Waals surface area contributed by atoms with Crippen LogP contribution in [0.5, 0.6) is 5.75 Å². The summed E-state index contributed by atoms with van der Waals surface area (Å²) in [6.45, 7) is 1.42. The number of ether oxygens (including phenoxy) is 1. The molecule has 1 heterocycles. The summed E-state index contributed by atoms with van der Waals surface area (Å²) in [4.78, 5) is 39.0. The molecule has 1 unspecified atom stereocenters. The van der Waals surface area contributed by atoms with E-state index in [4.69, 9.17) is 9.84 Å². The number of carbonyl (C=O) groups is 2. The Balaban J connectivity index is 1.56. The zero-order valence-corrected chi connectivity index (χ0v) is 21.1. The van der Waals surface area contributed by atoms with Gasteiger partial charge in [0.15, 0.2) is 6.61 Å². The number of nitrogens with one attached hydrogen (secondary N) is 2. The number of aromatic nitrogens is 1. The van der Waals surface area contributed by atoms with Crippen molar-refractivity contribution in [1.82, 2.24) is 10.3 Å². The number of aromatic amines is 1. The second kappa shape index (κ2) is 12.7. The molecule has 7 nitrogen and oxygen atoms in total. The molecule has 0 bridgehead atoms. The number of hydrogen-bond acceptors (Lipinski definition) is 5. The first-order valence-electron chi connectivity index (χ1n) is 12.4. The highest BCUT2D eigenvalue weighted by atomic mass is 16.5. The minimum Gasteiger partial charge on any atom is -0.482 e. The van der Waals surface area contributed by atoms with Crippen LogP contribution < -0.4 is 15.6 Å². The molecule has 0 aliphatic rings. The molecule has 4 rings (SSSR count). The van der Waals surface area contributed by atoms with Crippen molar-refractivity contribution in [2.45, 2.75) is 31.8 Å². The summed E-state index contributed by atoms with van der Waals surface area (Å²) < 4.78 is 5.24. The maximum Gasteiger partial charge on any atom is 0.341 e. The van der Waals surface area contributed by atoms with Crippen LogP contribution >= 0.6 is 0 Å². The second-order valence-corrected chi connectivity index (χ2v) is 9.12. The summed E-state index contributed by atoms with van der Waals surface area (Å²) in [5, 5.41) is 12.1. The lowest BCUT2D eigenvalue weighted by atomic mass is 9.85. The number of pyridine rings is 1. The van der Waals surface area contributed by atoms with Gasteiger partial charge in [0.1, 0.15) is 11.5 Å². The fourth-order valence-corrected chi connectivity index (χ4v) is 4.45. The van der Waals surface area contributed by atoms with Crippen molar-refractivity contribution in [3.63, 3.8) is 0 Å². The van der Waals surface area contributed by atoms with Gasteiger partial charge in [-0.15, -0.1) is 0 Å². The van der Waals surface area contributed by atoms with Crippen LogP contribution in [0.15, 0.2) is 102 Å². The van der Waals surface area contributed by atoms with Crippen molar-refractivity contribution in [3.05, 3.63) is 135 Å². The largest absolute Gasteiger partial charge is 0.482 e. The lowest BCUT2D eigenvalue weighted by Crippen LogP contribution is -2.38. The Morgan fingerprint density at radius 2 is 1.55 bits per heavy atom. The van der Waals surface area contributed by atoms with Crippen molar-refractivity contribution < 1.29 is 19.4 Å². The number of Topliss-reactive ketones (excluding diaryl/α,β-unsaturated/α-hetero) is 1. The van der Waals surface area contributed by atoms with Crippen molar-refractivity contribution in [3.8, 4) is 5.75 Å². The maximum atomic E-state index is 12.8. The molecule has 7 heteroatoms. The predicted octanol–water partition coefficient (Wildman–Crippen LogP) is 4.31. The Labute approximate surface area is 221 Å². The lowest BCUT2D eigenvalue weighted by Gasteiger charge is -2.20. The van der Waals surface area contributed by atoms with Gasteiger partial charge in [-0.05, 0) is 47.4 Å². The molecular formula is C31H30N2O5. The van der Waals surface area contributed by atoms with Crippen LogP contribution in [-0.2, 0) is 22.6 Å². The molecule has 0 aliphatic heterocycles. The van der Waals surface area contributed by atoms with Gasteiger partial charge >= 0.3 is 5.97 Å². The summed E-state index contributed by atoms with van der Waals surface area (Å²) in [5.74, 6) is -0.788. The number of carboxylic acids is 1. The Hall–Kier alpha value is -4.49. The van der Waals surface area contributed by atoms with Crippen LogP contribution in [0.1, 0.15) is 40.7 Å². The lowest BCUT2D eigenvalue weighted by molar-refractivity contribution is -0.139. The van der Waals surface area contributed by atoms with Crippen LogP contribution in [0.3, 0.4) is 0 Å². The van der Waals surface area contributed by atoms with Gasteiger partial charge in [-0.25, -0.2) is 4.79 Å². The van der Waals surface area contributed by atoms with E-state index >= 15 is 0 Å². The molecule has 1 atom stereocenters. The quantitative estimate of drug-likeness (QED) is 0.262. The fourth-order valence-electron chi connectivity index (χ4n) is 4.45. The normalized spacial score (nSPS) is 11.7. The topological polar surface area (TPSA) is 108 Å². The molecule has 0 spiro atoms. The molecule has 0 saturated heterocycles. The monoisotopic (exact) mass is 510 g/mol. The van der Waals surface area contributed by atoms with Crippen LogP contribution in [-0.4, -0.2) is 34.5 Å². The van der Waals surface area contributed by atoms with Crippen molar-refractivity contribution in [1.29, 1.82) is 0 Å². The van der Waals surface area contributed by atoms with E-state index < -0.39 is 18.6 Å². The van der Waals surface area contributed by atoms with E-state index in [0.29, 0.717) is 17.9 Å². The minimum absolute atomic E-state index is 0.0784. The fraction of sp³-hybridized carbons (Fsp3) is 0.194. The number of benzene rings is 3. The van der Waals surface area contributed by atoms with Crippen LogP contribution in [0.2, 0.25) is 0 Å². The standard InChI is InChI=1S/C31H30N2O5/c1-21(34)28(32-18-22-9-8-14-27(15-22)38-20-29(35)36)17-25-16-26(19-33-31(25)37)30(23-10-4-2-5-11-23)24-12-6-3-7-13-24/h2-16,19,28,30,32H,17-18,20H2,1H3,(H,33,37)(H,35,36). The molecule has 0 radical (unpaired) electrons. The van der Waals surface area contributed by atoms with E-state index in [1.54, 1.807) is 24.4 Å². The number of H-pyrrole nitrogens is 1. The Kier molecular flexibility index (Phi) is 8.85. The highest BCUT2D eigenvalue weighted by Gasteiger charge is 2.21. The third kappa shape index (κ3) is 7.05. The van der Waals surface area contributed by atoms with E-state index in [2.05, 4.69) is 34.6 Å². The van der Waals surface area contributed by atoms with Gasteiger partial charge in [0.05, 0.1) is 6.04 Å². The molecule has 0 aliphatic carbocycles. The van der Waals surface area contributed by atoms with Gasteiger partial charge in [-0.2, -0.15) is 0 Å². The number of ketones is 1. The number of rotatable bonds is 12. The highest BCUT2D eigenvalue weighted by Crippen LogP contribution is 2.31. The van der Waals surface area contributed by atoms with Gasteiger partial charge < -0.3 is 20.1 Å². The van der Waals surface area contributed by atoms with Crippen LogP contribution in [0.4, 0.5) is 0 Å². The summed E-state index contributed by atoms with van der Waals surface area (Å²) in [6, 6.07) is 28.5. The van der Waals surface area contributed by atoms with Gasteiger partial charge in [-0.1, -0.05) is 72.8 Å². The molecule has 194 valence electrons. The van der Waals surface area contributed by atoms with Gasteiger partial charge in [0.2, 0.25) is 0 Å². The van der Waals surface area contributed by atoms with E-state index in [-0.39, 0.29) is 23.7 Å².